The second-order valence-corrected chi connectivity index (χ2v) is 8.07. The van der Waals surface area contributed by atoms with Crippen LogP contribution < -0.4 is 0 Å². The number of esters is 2. The highest BCUT2D eigenvalue weighted by Crippen LogP contribution is 2.56. The number of carbonyl (C=O) groups excluding carboxylic acids is 3. The van der Waals surface area contributed by atoms with Crippen LogP contribution in [-0.2, 0) is 23.9 Å². The Labute approximate surface area is 146 Å². The minimum atomic E-state index is -1.32. The zero-order chi connectivity index (χ0) is 18.7. The fourth-order valence-electron chi connectivity index (χ4n) is 4.52. The summed E-state index contributed by atoms with van der Waals surface area (Å²) in [4.78, 5) is 36.9. The van der Waals surface area contributed by atoms with Gasteiger partial charge in [-0.3, -0.25) is 9.59 Å². The summed E-state index contributed by atoms with van der Waals surface area (Å²) in [5, 5.41) is 10.9. The molecule has 3 rings (SSSR count). The van der Waals surface area contributed by atoms with E-state index in [-0.39, 0.29) is 23.7 Å². The van der Waals surface area contributed by atoms with Crippen molar-refractivity contribution in [2.45, 2.75) is 51.9 Å². The molecule has 1 N–H and O–H groups in total. The fourth-order valence-corrected chi connectivity index (χ4v) is 4.52. The molecule has 0 spiro atoms. The van der Waals surface area contributed by atoms with Crippen molar-refractivity contribution in [1.29, 1.82) is 0 Å². The Bertz CT molecular complexity index is 688. The van der Waals surface area contributed by atoms with Gasteiger partial charge in [-0.15, -0.1) is 0 Å². The third-order valence-corrected chi connectivity index (χ3v) is 5.81. The van der Waals surface area contributed by atoms with Crippen molar-refractivity contribution in [2.24, 2.45) is 23.2 Å². The first kappa shape index (κ1) is 17.9. The van der Waals surface area contributed by atoms with Gasteiger partial charge in [0.05, 0.1) is 17.4 Å². The third kappa shape index (κ3) is 2.54. The molecule has 0 aromatic carbocycles. The van der Waals surface area contributed by atoms with Crippen molar-refractivity contribution in [3.63, 3.8) is 0 Å². The predicted molar refractivity (Wildman–Crippen MR) is 88.2 cm³/mol. The minimum absolute atomic E-state index is 0.165. The van der Waals surface area contributed by atoms with Gasteiger partial charge in [-0.05, 0) is 25.5 Å². The predicted octanol–water partition coefficient (Wildman–Crippen LogP) is 1.57. The van der Waals surface area contributed by atoms with Crippen LogP contribution in [0.4, 0.5) is 0 Å². The van der Waals surface area contributed by atoms with Gasteiger partial charge in [0.25, 0.3) is 0 Å². The van der Waals surface area contributed by atoms with Gasteiger partial charge in [-0.25, -0.2) is 4.79 Å². The summed E-state index contributed by atoms with van der Waals surface area (Å²) in [6, 6.07) is 0. The molecule has 0 bridgehead atoms. The van der Waals surface area contributed by atoms with E-state index in [0.717, 1.165) is 0 Å². The molecule has 1 saturated carbocycles. The van der Waals surface area contributed by atoms with Crippen LogP contribution in [0, 0.1) is 23.2 Å². The number of allylic oxidation sites excluding steroid dienone is 1. The van der Waals surface area contributed by atoms with E-state index in [0.29, 0.717) is 0 Å². The first-order chi connectivity index (χ1) is 11.5. The van der Waals surface area contributed by atoms with Crippen LogP contribution in [0.15, 0.2) is 24.3 Å². The molecule has 6 heteroatoms. The molecular formula is C19H24O6. The Morgan fingerprint density at radius 2 is 2.04 bits per heavy atom. The summed E-state index contributed by atoms with van der Waals surface area (Å²) in [5.74, 6) is -2.65. The van der Waals surface area contributed by atoms with Crippen LogP contribution in [0.5, 0.6) is 0 Å². The monoisotopic (exact) mass is 348 g/mol. The van der Waals surface area contributed by atoms with Gasteiger partial charge >= 0.3 is 11.9 Å². The average molecular weight is 348 g/mol. The molecule has 1 aliphatic heterocycles. The standard InChI is InChI=1S/C19H24O6/c1-9(2)16(21)24-11-8-18(4)12(20)6-7-19(5,23)15(18)14-13(11)10(3)17(22)25-14/h6-7,9,11,13-15,23H,3,8H2,1-2,4-5H3/t11-,13+,14-,15+,18-,19+/m0/s1. The summed E-state index contributed by atoms with van der Waals surface area (Å²) >= 11 is 0. The quantitative estimate of drug-likeness (QED) is 0.602. The maximum atomic E-state index is 12.7. The smallest absolute Gasteiger partial charge is 0.334 e. The van der Waals surface area contributed by atoms with Crippen molar-refractivity contribution < 1.29 is 29.0 Å². The number of hydrogen-bond donors (Lipinski definition) is 1. The van der Waals surface area contributed by atoms with Gasteiger partial charge in [-0.1, -0.05) is 27.4 Å². The largest absolute Gasteiger partial charge is 0.461 e. The van der Waals surface area contributed by atoms with E-state index in [1.54, 1.807) is 27.7 Å². The maximum Gasteiger partial charge on any atom is 0.334 e. The highest BCUT2D eigenvalue weighted by atomic mass is 16.6. The van der Waals surface area contributed by atoms with Crippen LogP contribution in [0.2, 0.25) is 0 Å². The normalized spacial score (nSPS) is 42.9. The molecule has 1 saturated heterocycles. The van der Waals surface area contributed by atoms with E-state index in [9.17, 15) is 19.5 Å². The van der Waals surface area contributed by atoms with Gasteiger partial charge in [0.1, 0.15) is 12.2 Å². The van der Waals surface area contributed by atoms with Gasteiger partial charge in [0.15, 0.2) is 5.78 Å². The van der Waals surface area contributed by atoms with Crippen molar-refractivity contribution >= 4 is 17.7 Å². The van der Waals surface area contributed by atoms with Crippen molar-refractivity contribution in [3.8, 4) is 0 Å². The van der Waals surface area contributed by atoms with Crippen LogP contribution >= 0.6 is 0 Å². The lowest BCUT2D eigenvalue weighted by atomic mass is 9.53. The Morgan fingerprint density at radius 3 is 2.64 bits per heavy atom. The van der Waals surface area contributed by atoms with E-state index in [1.165, 1.54) is 12.2 Å². The SMILES string of the molecule is C=C1C(=O)O[C@H]2[C@H]1[C@@H](OC(=O)C(C)C)C[C@@]1(C)C(=O)C=C[C@@](C)(O)[C@H]21. The van der Waals surface area contributed by atoms with Crippen LogP contribution in [0.3, 0.4) is 0 Å². The minimum Gasteiger partial charge on any atom is -0.461 e. The van der Waals surface area contributed by atoms with Crippen LogP contribution in [-0.4, -0.2) is 40.6 Å². The van der Waals surface area contributed by atoms with Crippen molar-refractivity contribution in [2.75, 3.05) is 0 Å². The van der Waals surface area contributed by atoms with Crippen LogP contribution in [0.25, 0.3) is 0 Å². The van der Waals surface area contributed by atoms with Gasteiger partial charge in [0.2, 0.25) is 0 Å². The molecule has 0 unspecified atom stereocenters. The lowest BCUT2D eigenvalue weighted by Gasteiger charge is -2.53. The first-order valence-electron chi connectivity index (χ1n) is 8.55. The van der Waals surface area contributed by atoms with E-state index >= 15 is 0 Å². The number of fused-ring (bicyclic) bond motifs is 3. The molecule has 1 heterocycles. The Kier molecular flexibility index (Phi) is 3.95. The van der Waals surface area contributed by atoms with Crippen molar-refractivity contribution in [1.82, 2.24) is 0 Å². The summed E-state index contributed by atoms with van der Waals surface area (Å²) < 4.78 is 11.1. The lowest BCUT2D eigenvalue weighted by Crippen LogP contribution is -2.62. The number of rotatable bonds is 2. The Balaban J connectivity index is 2.06. The lowest BCUT2D eigenvalue weighted by molar-refractivity contribution is -0.190. The molecule has 6 nitrogen and oxygen atoms in total. The van der Waals surface area contributed by atoms with E-state index in [1.807, 2.05) is 0 Å². The molecule has 25 heavy (non-hydrogen) atoms. The van der Waals surface area contributed by atoms with E-state index < -0.39 is 47.0 Å². The summed E-state index contributed by atoms with van der Waals surface area (Å²) in [5.41, 5.74) is -2.08. The molecule has 0 aromatic rings. The summed E-state index contributed by atoms with van der Waals surface area (Å²) in [6.45, 7) is 10.6. The topological polar surface area (TPSA) is 89.9 Å². The van der Waals surface area contributed by atoms with Gasteiger partial charge < -0.3 is 14.6 Å². The average Bonchev–Trinajstić information content (AvgIpc) is 2.78. The molecule has 0 radical (unpaired) electrons. The summed E-state index contributed by atoms with van der Waals surface area (Å²) in [6.07, 6.45) is 1.59. The molecular weight excluding hydrogens is 324 g/mol. The second kappa shape index (κ2) is 5.53. The third-order valence-electron chi connectivity index (χ3n) is 5.81. The molecule has 0 amide bonds. The zero-order valence-corrected chi connectivity index (χ0v) is 14.9. The number of ether oxygens (including phenoxy) is 2. The molecule has 0 aromatic heterocycles. The Morgan fingerprint density at radius 1 is 1.40 bits per heavy atom. The number of carbonyl (C=O) groups is 3. The zero-order valence-electron chi connectivity index (χ0n) is 14.9. The number of ketones is 1. The second-order valence-electron chi connectivity index (χ2n) is 8.07. The van der Waals surface area contributed by atoms with Gasteiger partial charge in [0, 0.05) is 16.9 Å². The molecule has 2 aliphatic carbocycles. The first-order valence-corrected chi connectivity index (χ1v) is 8.55. The Hall–Kier alpha value is -1.95. The molecule has 3 aliphatic rings. The highest BCUT2D eigenvalue weighted by molar-refractivity contribution is 5.97. The molecule has 2 fully saturated rings. The van der Waals surface area contributed by atoms with Crippen LogP contribution in [0.1, 0.15) is 34.1 Å². The van der Waals surface area contributed by atoms with E-state index in [2.05, 4.69) is 6.58 Å². The molecule has 136 valence electrons. The maximum absolute atomic E-state index is 12.7. The van der Waals surface area contributed by atoms with Crippen molar-refractivity contribution in [3.05, 3.63) is 24.3 Å². The number of hydrogen-bond acceptors (Lipinski definition) is 6. The number of aliphatic hydroxyl groups is 1. The molecule has 6 atom stereocenters. The van der Waals surface area contributed by atoms with Gasteiger partial charge in [-0.2, -0.15) is 0 Å². The fraction of sp³-hybridized carbons (Fsp3) is 0.632. The summed E-state index contributed by atoms with van der Waals surface area (Å²) in [7, 11) is 0. The highest BCUT2D eigenvalue weighted by Gasteiger charge is 2.65. The van der Waals surface area contributed by atoms with E-state index in [4.69, 9.17) is 9.47 Å².